The zero-order chi connectivity index (χ0) is 20.4. The number of aryl methyl sites for hydroxylation is 1. The zero-order valence-electron chi connectivity index (χ0n) is 16.9. The van der Waals surface area contributed by atoms with E-state index in [1.807, 2.05) is 6.92 Å². The molecule has 1 amide bonds. The van der Waals surface area contributed by atoms with Gasteiger partial charge in [-0.05, 0) is 56.4 Å². The normalized spacial score (nSPS) is 21.9. The Morgan fingerprint density at radius 2 is 1.90 bits per heavy atom. The molecular formula is C22H29N3O3S. The van der Waals surface area contributed by atoms with Gasteiger partial charge in [0.05, 0.1) is 16.3 Å². The number of carbonyl (C=O) groups is 1. The molecule has 1 aliphatic heterocycles. The van der Waals surface area contributed by atoms with Crippen LogP contribution in [-0.4, -0.2) is 42.7 Å². The first-order valence-corrected chi connectivity index (χ1v) is 12.1. The van der Waals surface area contributed by atoms with Crippen LogP contribution in [0.15, 0.2) is 35.4 Å². The number of fused-ring (bicyclic) bond motifs is 1. The van der Waals surface area contributed by atoms with E-state index in [0.29, 0.717) is 23.9 Å². The van der Waals surface area contributed by atoms with Crippen molar-refractivity contribution in [3.63, 3.8) is 0 Å². The summed E-state index contributed by atoms with van der Waals surface area (Å²) in [6.07, 6.45) is 8.73. The summed E-state index contributed by atoms with van der Waals surface area (Å²) in [5, 5.41) is 3.81. The van der Waals surface area contributed by atoms with E-state index in [9.17, 15) is 13.2 Å². The summed E-state index contributed by atoms with van der Waals surface area (Å²) in [6.45, 7) is 2.62. The lowest BCUT2D eigenvalue weighted by Gasteiger charge is -2.33. The Morgan fingerprint density at radius 1 is 1.10 bits per heavy atom. The molecule has 1 N–H and O–H groups in total. The third-order valence-corrected chi connectivity index (χ3v) is 8.18. The molecule has 1 saturated heterocycles. The van der Waals surface area contributed by atoms with Crippen LogP contribution in [0.2, 0.25) is 0 Å². The molecule has 0 bridgehead atoms. The van der Waals surface area contributed by atoms with Crippen LogP contribution in [0.25, 0.3) is 10.9 Å². The van der Waals surface area contributed by atoms with E-state index >= 15 is 0 Å². The van der Waals surface area contributed by atoms with Gasteiger partial charge in [0.25, 0.3) is 0 Å². The summed E-state index contributed by atoms with van der Waals surface area (Å²) in [5.74, 6) is -0.275. The van der Waals surface area contributed by atoms with Crippen LogP contribution in [0.3, 0.4) is 0 Å². The third kappa shape index (κ3) is 4.16. The summed E-state index contributed by atoms with van der Waals surface area (Å²) in [4.78, 5) is 17.4. The topological polar surface area (TPSA) is 79.4 Å². The number of aromatic nitrogens is 1. The van der Waals surface area contributed by atoms with E-state index in [2.05, 4.69) is 10.3 Å². The number of amides is 1. The molecule has 1 atom stereocenters. The Kier molecular flexibility index (Phi) is 5.88. The third-order valence-electron chi connectivity index (χ3n) is 6.26. The number of piperidine rings is 1. The Labute approximate surface area is 172 Å². The van der Waals surface area contributed by atoms with Crippen molar-refractivity contribution in [2.75, 3.05) is 13.1 Å². The van der Waals surface area contributed by atoms with Gasteiger partial charge in [-0.3, -0.25) is 9.78 Å². The fourth-order valence-electron chi connectivity index (χ4n) is 4.59. The molecule has 1 aromatic carbocycles. The minimum atomic E-state index is -3.69. The molecule has 156 valence electrons. The second kappa shape index (κ2) is 8.40. The maximum atomic E-state index is 13.4. The number of rotatable bonds is 4. The maximum Gasteiger partial charge on any atom is 0.243 e. The lowest BCUT2D eigenvalue weighted by Crippen LogP contribution is -2.47. The van der Waals surface area contributed by atoms with Crippen LogP contribution in [0.5, 0.6) is 0 Å². The molecule has 2 fully saturated rings. The molecule has 2 heterocycles. The average molecular weight is 416 g/mol. The smallest absolute Gasteiger partial charge is 0.243 e. The van der Waals surface area contributed by atoms with Crippen molar-refractivity contribution in [3.05, 3.63) is 36.0 Å². The highest BCUT2D eigenvalue weighted by molar-refractivity contribution is 7.89. The Bertz CT molecular complexity index is 1000. The van der Waals surface area contributed by atoms with Crippen LogP contribution in [0, 0.1) is 12.8 Å². The van der Waals surface area contributed by atoms with E-state index in [4.69, 9.17) is 0 Å². The largest absolute Gasteiger partial charge is 0.353 e. The molecule has 1 saturated carbocycles. The van der Waals surface area contributed by atoms with E-state index in [0.717, 1.165) is 37.7 Å². The SMILES string of the molecule is Cc1ccc(S(=O)(=O)N2CCCC(C(=O)NC3CCCCC3)C2)c2cccnc12. The molecule has 1 aromatic heterocycles. The van der Waals surface area contributed by atoms with E-state index < -0.39 is 10.0 Å². The molecule has 2 aromatic rings. The molecule has 29 heavy (non-hydrogen) atoms. The predicted octanol–water partition coefficient (Wildman–Crippen LogP) is 3.39. The van der Waals surface area contributed by atoms with Crippen molar-refractivity contribution in [1.82, 2.24) is 14.6 Å². The summed E-state index contributed by atoms with van der Waals surface area (Å²) in [7, 11) is -3.69. The second-order valence-corrected chi connectivity index (χ2v) is 10.2. The Hall–Kier alpha value is -1.99. The fourth-order valence-corrected chi connectivity index (χ4v) is 6.30. The van der Waals surface area contributed by atoms with Crippen molar-refractivity contribution < 1.29 is 13.2 Å². The fraction of sp³-hybridized carbons (Fsp3) is 0.545. The Balaban J connectivity index is 1.55. The molecule has 0 spiro atoms. The number of carbonyl (C=O) groups excluding carboxylic acids is 1. The average Bonchev–Trinajstić information content (AvgIpc) is 2.75. The van der Waals surface area contributed by atoms with Gasteiger partial charge in [0, 0.05) is 30.7 Å². The quantitative estimate of drug-likeness (QED) is 0.830. The number of pyridine rings is 1. The molecule has 1 unspecified atom stereocenters. The molecule has 4 rings (SSSR count). The van der Waals surface area contributed by atoms with Crippen molar-refractivity contribution in [1.29, 1.82) is 0 Å². The highest BCUT2D eigenvalue weighted by atomic mass is 32.2. The zero-order valence-corrected chi connectivity index (χ0v) is 17.7. The molecule has 6 nitrogen and oxygen atoms in total. The lowest BCUT2D eigenvalue weighted by molar-refractivity contribution is -0.127. The van der Waals surface area contributed by atoms with Gasteiger partial charge in [0.15, 0.2) is 0 Å². The maximum absolute atomic E-state index is 13.4. The number of hydrogen-bond acceptors (Lipinski definition) is 4. The number of hydrogen-bond donors (Lipinski definition) is 1. The first-order chi connectivity index (χ1) is 14.0. The van der Waals surface area contributed by atoms with Crippen LogP contribution in [0.1, 0.15) is 50.5 Å². The van der Waals surface area contributed by atoms with Crippen LogP contribution >= 0.6 is 0 Å². The summed E-state index contributed by atoms with van der Waals surface area (Å²) in [5.41, 5.74) is 1.65. The van der Waals surface area contributed by atoms with Gasteiger partial charge in [-0.15, -0.1) is 0 Å². The summed E-state index contributed by atoms with van der Waals surface area (Å²) >= 11 is 0. The van der Waals surface area contributed by atoms with E-state index in [-0.39, 0.29) is 29.3 Å². The Morgan fingerprint density at radius 3 is 2.69 bits per heavy atom. The summed E-state index contributed by atoms with van der Waals surface area (Å²) < 4.78 is 28.4. The highest BCUT2D eigenvalue weighted by Gasteiger charge is 2.35. The highest BCUT2D eigenvalue weighted by Crippen LogP contribution is 2.30. The number of sulfonamides is 1. The molecule has 0 radical (unpaired) electrons. The number of benzene rings is 1. The van der Waals surface area contributed by atoms with Gasteiger partial charge in [-0.2, -0.15) is 4.31 Å². The van der Waals surface area contributed by atoms with E-state index in [1.54, 1.807) is 30.5 Å². The number of nitrogens with zero attached hydrogens (tertiary/aromatic N) is 2. The number of nitrogens with one attached hydrogen (secondary N) is 1. The van der Waals surface area contributed by atoms with Gasteiger partial charge in [-0.1, -0.05) is 25.3 Å². The van der Waals surface area contributed by atoms with Crippen molar-refractivity contribution in [2.45, 2.75) is 62.8 Å². The van der Waals surface area contributed by atoms with Crippen LogP contribution < -0.4 is 5.32 Å². The molecule has 1 aliphatic carbocycles. The van der Waals surface area contributed by atoms with Crippen molar-refractivity contribution in [2.24, 2.45) is 5.92 Å². The first-order valence-electron chi connectivity index (χ1n) is 10.6. The second-order valence-electron chi connectivity index (χ2n) is 8.33. The standard InChI is InChI=1S/C22H29N3O3S/c1-16-11-12-20(19-10-5-13-23-21(16)19)29(27,28)25-14-6-7-17(15-25)22(26)24-18-8-3-2-4-9-18/h5,10-13,17-18H,2-4,6-9,14-15H2,1H3,(H,24,26). The van der Waals surface area contributed by atoms with Crippen LogP contribution in [-0.2, 0) is 14.8 Å². The van der Waals surface area contributed by atoms with Gasteiger partial charge in [0.2, 0.25) is 15.9 Å². The minimum absolute atomic E-state index is 0.00670. The lowest BCUT2D eigenvalue weighted by atomic mass is 9.93. The van der Waals surface area contributed by atoms with Crippen molar-refractivity contribution in [3.8, 4) is 0 Å². The van der Waals surface area contributed by atoms with Gasteiger partial charge >= 0.3 is 0 Å². The predicted molar refractivity (Wildman–Crippen MR) is 113 cm³/mol. The molecular weight excluding hydrogens is 386 g/mol. The minimum Gasteiger partial charge on any atom is -0.353 e. The monoisotopic (exact) mass is 415 g/mol. The van der Waals surface area contributed by atoms with E-state index in [1.165, 1.54) is 10.7 Å². The first kappa shape index (κ1) is 20.3. The molecule has 2 aliphatic rings. The summed E-state index contributed by atoms with van der Waals surface area (Å²) in [6, 6.07) is 7.28. The van der Waals surface area contributed by atoms with Crippen molar-refractivity contribution >= 4 is 26.8 Å². The molecule has 7 heteroatoms. The van der Waals surface area contributed by atoms with Crippen LogP contribution in [0.4, 0.5) is 0 Å². The van der Waals surface area contributed by atoms with Gasteiger partial charge in [-0.25, -0.2) is 8.42 Å². The van der Waals surface area contributed by atoms with Gasteiger partial charge < -0.3 is 5.32 Å². The van der Waals surface area contributed by atoms with Gasteiger partial charge in [0.1, 0.15) is 0 Å².